The molecule has 0 unspecified atom stereocenters. The second-order valence-electron chi connectivity index (χ2n) is 7.73. The highest BCUT2D eigenvalue weighted by Gasteiger charge is 2.23. The van der Waals surface area contributed by atoms with E-state index in [1.165, 1.54) is 5.56 Å². The molecule has 4 rings (SSSR count). The zero-order chi connectivity index (χ0) is 20.4. The molecule has 148 valence electrons. The maximum Gasteiger partial charge on any atom is 0.291 e. The van der Waals surface area contributed by atoms with Crippen molar-refractivity contribution in [2.75, 3.05) is 11.9 Å². The van der Waals surface area contributed by atoms with E-state index in [1.807, 2.05) is 42.5 Å². The van der Waals surface area contributed by atoms with Gasteiger partial charge in [0.05, 0.1) is 0 Å². The van der Waals surface area contributed by atoms with Crippen LogP contribution in [0.25, 0.3) is 11.3 Å². The molecule has 2 N–H and O–H groups in total. The van der Waals surface area contributed by atoms with E-state index in [-0.39, 0.29) is 23.5 Å². The van der Waals surface area contributed by atoms with Crippen LogP contribution in [0.3, 0.4) is 0 Å². The van der Waals surface area contributed by atoms with Crippen LogP contribution >= 0.6 is 0 Å². The van der Waals surface area contributed by atoms with Crippen LogP contribution in [0.1, 0.15) is 53.8 Å². The summed E-state index contributed by atoms with van der Waals surface area (Å²) in [6.07, 6.45) is 0.481. The molecule has 1 fully saturated rings. The van der Waals surface area contributed by atoms with Crippen LogP contribution in [-0.4, -0.2) is 18.4 Å². The summed E-state index contributed by atoms with van der Waals surface area (Å²) in [5.74, 6) is 1.26. The van der Waals surface area contributed by atoms with Gasteiger partial charge in [-0.25, -0.2) is 0 Å². The van der Waals surface area contributed by atoms with E-state index in [4.69, 9.17) is 4.42 Å². The Morgan fingerprint density at radius 2 is 1.93 bits per heavy atom. The molecular formula is C24H24N2O3. The maximum absolute atomic E-state index is 12.6. The first-order chi connectivity index (χ1) is 14.0. The van der Waals surface area contributed by atoms with E-state index in [9.17, 15) is 9.59 Å². The normalized spacial score (nSPS) is 16.1. The van der Waals surface area contributed by atoms with Gasteiger partial charge in [-0.15, -0.1) is 0 Å². The van der Waals surface area contributed by atoms with Gasteiger partial charge >= 0.3 is 0 Å². The molecule has 2 amide bonds. The topological polar surface area (TPSA) is 71.3 Å². The zero-order valence-electron chi connectivity index (χ0n) is 16.6. The number of hydrogen-bond acceptors (Lipinski definition) is 3. The molecule has 2 heterocycles. The summed E-state index contributed by atoms with van der Waals surface area (Å²) in [6.45, 7) is 4.92. The van der Waals surface area contributed by atoms with Crippen molar-refractivity contribution >= 4 is 17.5 Å². The van der Waals surface area contributed by atoms with E-state index < -0.39 is 0 Å². The SMILES string of the molecule is CC(C)c1cccc(-c2ccc(C(=O)Nc3cccc([C@@H]4CNC(=O)C4)c3)o2)c1. The number of rotatable bonds is 5. The first-order valence-corrected chi connectivity index (χ1v) is 9.88. The molecule has 3 aromatic rings. The van der Waals surface area contributed by atoms with Crippen LogP contribution in [0.15, 0.2) is 65.1 Å². The standard InChI is InChI=1S/C24H24N2O3/c1-15(2)16-5-3-7-18(11-16)21-9-10-22(29-21)24(28)26-20-8-4-6-17(12-20)19-13-23(27)25-14-19/h3-12,15,19H,13-14H2,1-2H3,(H,25,27)(H,26,28)/t19-/m0/s1. The molecule has 0 spiro atoms. The average Bonchev–Trinajstić information content (AvgIpc) is 3.38. The predicted octanol–water partition coefficient (Wildman–Crippen LogP) is 4.93. The van der Waals surface area contributed by atoms with Crippen molar-refractivity contribution in [3.05, 3.63) is 77.6 Å². The summed E-state index contributed by atoms with van der Waals surface area (Å²) >= 11 is 0. The summed E-state index contributed by atoms with van der Waals surface area (Å²) in [5, 5.41) is 5.73. The predicted molar refractivity (Wildman–Crippen MR) is 113 cm³/mol. The highest BCUT2D eigenvalue weighted by molar-refractivity contribution is 6.02. The molecule has 5 nitrogen and oxygen atoms in total. The lowest BCUT2D eigenvalue weighted by Gasteiger charge is -2.10. The molecule has 1 atom stereocenters. The number of carbonyl (C=O) groups is 2. The van der Waals surface area contributed by atoms with Gasteiger partial charge in [-0.1, -0.05) is 44.2 Å². The Kier molecular flexibility index (Phi) is 5.21. The van der Waals surface area contributed by atoms with Crippen molar-refractivity contribution in [2.45, 2.75) is 32.1 Å². The molecule has 0 bridgehead atoms. The van der Waals surface area contributed by atoms with Crippen LogP contribution in [0.2, 0.25) is 0 Å². The number of furan rings is 1. The smallest absolute Gasteiger partial charge is 0.291 e. The Hall–Kier alpha value is -3.34. The third-order valence-corrected chi connectivity index (χ3v) is 5.26. The molecule has 5 heteroatoms. The molecule has 0 radical (unpaired) electrons. The van der Waals surface area contributed by atoms with Crippen LogP contribution < -0.4 is 10.6 Å². The van der Waals surface area contributed by atoms with Crippen molar-refractivity contribution in [2.24, 2.45) is 0 Å². The number of nitrogens with one attached hydrogen (secondary N) is 2. The zero-order valence-corrected chi connectivity index (χ0v) is 16.6. The Balaban J connectivity index is 1.49. The first kappa shape index (κ1) is 19.0. The number of carbonyl (C=O) groups excluding carboxylic acids is 2. The molecule has 2 aromatic carbocycles. The van der Waals surface area contributed by atoms with Crippen molar-refractivity contribution in [3.63, 3.8) is 0 Å². The summed E-state index contributed by atoms with van der Waals surface area (Å²) in [7, 11) is 0. The van der Waals surface area contributed by atoms with Crippen LogP contribution in [0, 0.1) is 0 Å². The van der Waals surface area contributed by atoms with Crippen molar-refractivity contribution < 1.29 is 14.0 Å². The van der Waals surface area contributed by atoms with E-state index >= 15 is 0 Å². The van der Waals surface area contributed by atoms with Crippen molar-refractivity contribution in [3.8, 4) is 11.3 Å². The molecule has 1 aliphatic heterocycles. The fourth-order valence-corrected chi connectivity index (χ4v) is 3.57. The molecule has 29 heavy (non-hydrogen) atoms. The van der Waals surface area contributed by atoms with Gasteiger partial charge in [0.2, 0.25) is 5.91 Å². The van der Waals surface area contributed by atoms with Crippen LogP contribution in [0.4, 0.5) is 5.69 Å². The molecule has 1 aliphatic rings. The average molecular weight is 388 g/mol. The van der Waals surface area contributed by atoms with Crippen LogP contribution in [-0.2, 0) is 4.79 Å². The van der Waals surface area contributed by atoms with Crippen molar-refractivity contribution in [1.29, 1.82) is 0 Å². The molecule has 1 saturated heterocycles. The fourth-order valence-electron chi connectivity index (χ4n) is 3.57. The van der Waals surface area contributed by atoms with Crippen LogP contribution in [0.5, 0.6) is 0 Å². The Bertz CT molecular complexity index is 1050. The lowest BCUT2D eigenvalue weighted by atomic mass is 9.98. The minimum Gasteiger partial charge on any atom is -0.451 e. The van der Waals surface area contributed by atoms with Gasteiger partial charge in [0.25, 0.3) is 5.91 Å². The van der Waals surface area contributed by atoms with Gasteiger partial charge < -0.3 is 15.1 Å². The molecule has 0 aliphatic carbocycles. The minimum atomic E-state index is -0.297. The monoisotopic (exact) mass is 388 g/mol. The Labute approximate surface area is 170 Å². The minimum absolute atomic E-state index is 0.0640. The second kappa shape index (κ2) is 7.95. The van der Waals surface area contributed by atoms with E-state index in [1.54, 1.807) is 6.07 Å². The number of anilines is 1. The first-order valence-electron chi connectivity index (χ1n) is 9.88. The largest absolute Gasteiger partial charge is 0.451 e. The molecule has 0 saturated carbocycles. The number of hydrogen-bond donors (Lipinski definition) is 2. The number of amides is 2. The quantitative estimate of drug-likeness (QED) is 0.651. The summed E-state index contributed by atoms with van der Waals surface area (Å²) in [5.41, 5.74) is 3.90. The molecular weight excluding hydrogens is 364 g/mol. The third-order valence-electron chi connectivity index (χ3n) is 5.26. The van der Waals surface area contributed by atoms with Gasteiger partial charge in [-0.2, -0.15) is 0 Å². The number of benzene rings is 2. The van der Waals surface area contributed by atoms with E-state index in [0.717, 1.165) is 11.1 Å². The lowest BCUT2D eigenvalue weighted by Crippen LogP contribution is -2.13. The summed E-state index contributed by atoms with van der Waals surface area (Å²) < 4.78 is 5.82. The van der Waals surface area contributed by atoms with Gasteiger partial charge in [-0.3, -0.25) is 9.59 Å². The lowest BCUT2D eigenvalue weighted by molar-refractivity contribution is -0.119. The van der Waals surface area contributed by atoms with Gasteiger partial charge in [0, 0.05) is 30.1 Å². The highest BCUT2D eigenvalue weighted by atomic mass is 16.3. The second-order valence-corrected chi connectivity index (χ2v) is 7.73. The summed E-state index contributed by atoms with van der Waals surface area (Å²) in [6, 6.07) is 19.3. The van der Waals surface area contributed by atoms with Gasteiger partial charge in [0.1, 0.15) is 5.76 Å². The van der Waals surface area contributed by atoms with Gasteiger partial charge in [0.15, 0.2) is 5.76 Å². The third kappa shape index (κ3) is 4.24. The van der Waals surface area contributed by atoms with Gasteiger partial charge in [-0.05, 0) is 47.4 Å². The molecule has 1 aromatic heterocycles. The highest BCUT2D eigenvalue weighted by Crippen LogP contribution is 2.27. The van der Waals surface area contributed by atoms with E-state index in [2.05, 4.69) is 36.6 Å². The van der Waals surface area contributed by atoms with Crippen molar-refractivity contribution in [1.82, 2.24) is 5.32 Å². The maximum atomic E-state index is 12.6. The Morgan fingerprint density at radius 3 is 2.69 bits per heavy atom. The van der Waals surface area contributed by atoms with E-state index in [0.29, 0.717) is 30.3 Å². The summed E-state index contributed by atoms with van der Waals surface area (Å²) in [4.78, 5) is 24.1. The fraction of sp³-hybridized carbons (Fsp3) is 0.250. The Morgan fingerprint density at radius 1 is 1.10 bits per heavy atom.